The van der Waals surface area contributed by atoms with Crippen LogP contribution in [0.5, 0.6) is 5.75 Å². The number of rotatable bonds is 30. The molecule has 21 heteroatoms. The third-order valence-electron chi connectivity index (χ3n) is 13.8. The van der Waals surface area contributed by atoms with Crippen LogP contribution in [0.4, 0.5) is 0 Å². The van der Waals surface area contributed by atoms with Crippen LogP contribution in [0.2, 0.25) is 0 Å². The molecule has 74 heavy (non-hydrogen) atoms. The summed E-state index contributed by atoms with van der Waals surface area (Å²) in [4.78, 5) is 131. The average molecular weight is 1060 g/mol. The van der Waals surface area contributed by atoms with Crippen molar-refractivity contribution >= 4 is 71.4 Å². The normalized spacial score (nSPS) is 18.4. The number of nitrogens with one attached hydrogen (secondary N) is 3. The molecule has 3 rings (SSSR count). The minimum absolute atomic E-state index is 0.00254. The minimum atomic E-state index is -1.11. The number of carboxylic acid groups (broad SMARTS) is 1. The van der Waals surface area contributed by atoms with Crippen LogP contribution in [-0.2, 0) is 49.6 Å². The maximum Gasteiger partial charge on any atom is 0.306 e. The zero-order chi connectivity index (χ0) is 55.7. The molecule has 5 amide bonds. The molecule has 0 unspecified atom stereocenters. The monoisotopic (exact) mass is 1060 g/mol. The fourth-order valence-electron chi connectivity index (χ4n) is 9.92. The van der Waals surface area contributed by atoms with Crippen molar-refractivity contribution in [1.82, 2.24) is 25.8 Å². The average Bonchev–Trinajstić information content (AvgIpc) is 4.01. The molecule has 1 aromatic rings. The topological polar surface area (TPSA) is 327 Å². The van der Waals surface area contributed by atoms with Gasteiger partial charge in [0.1, 0.15) is 17.8 Å². The Labute approximate surface area is 442 Å². The van der Waals surface area contributed by atoms with E-state index >= 15 is 0 Å². The molecule has 0 saturated carbocycles. The highest BCUT2D eigenvalue weighted by atomic mass is 32.1. The summed E-state index contributed by atoms with van der Waals surface area (Å²) in [6, 6.07) is 1.05. The Morgan fingerprint density at radius 3 is 1.89 bits per heavy atom. The molecule has 414 valence electrons. The summed E-state index contributed by atoms with van der Waals surface area (Å²) in [5.41, 5.74) is 16.8. The number of amides is 5. The molecule has 0 aliphatic carbocycles. The van der Waals surface area contributed by atoms with Crippen LogP contribution in [0.25, 0.3) is 0 Å². The maximum absolute atomic E-state index is 14.8. The van der Waals surface area contributed by atoms with Crippen molar-refractivity contribution in [2.75, 3.05) is 26.2 Å². The number of aliphatic imine (C=N–C) groups is 1. The first-order chi connectivity index (χ1) is 34.5. The number of aliphatic carboxylic acids is 1. The van der Waals surface area contributed by atoms with Crippen LogP contribution in [0.1, 0.15) is 144 Å². The van der Waals surface area contributed by atoms with Crippen LogP contribution in [0.3, 0.4) is 0 Å². The number of likely N-dealkylation sites (tertiary alicyclic amines) is 2. The Bertz CT molecular complexity index is 2150. The van der Waals surface area contributed by atoms with Crippen LogP contribution >= 0.6 is 12.6 Å². The van der Waals surface area contributed by atoms with E-state index in [-0.39, 0.29) is 88.6 Å². The number of ketones is 3. The SMILES string of the molecule is CC(=O)N[C@H](C(=O)N1CCC[C@H]1C(=O)N[C@@H](CCCCN)C(=O)C[C@@H](CCCN=C(N)N)C(=O)N1CCC[C@H]1C(=O)C[C@@H](Cc1ccc(O)cc1)C(=O)N[C@H](C(=O)C[C@@H](CC(C)C)C(=O)O)C(C)(C)C)C(C)(C)S. The van der Waals surface area contributed by atoms with E-state index in [2.05, 4.69) is 33.6 Å². The van der Waals surface area contributed by atoms with Crippen LogP contribution in [0, 0.1) is 29.1 Å². The number of hydrogen-bond donors (Lipinski definition) is 9. The minimum Gasteiger partial charge on any atom is -0.508 e. The quantitative estimate of drug-likeness (QED) is 0.0231. The zero-order valence-corrected chi connectivity index (χ0v) is 45.7. The van der Waals surface area contributed by atoms with Gasteiger partial charge in [0.25, 0.3) is 0 Å². The second-order valence-electron chi connectivity index (χ2n) is 22.2. The standard InChI is InChI=1S/C53H85N9O11S/c1-31(2)26-36(50(72)73)30-43(67)44(52(4,5)6)60-46(68)35(27-33-18-20-37(64)21-19-33)29-42(66)39-16-12-24-61(39)48(70)34(14-11-23-57-51(55)56)28-41(65)38(15-9-10-22-54)59-47(69)40-17-13-25-62(40)49(71)45(53(7,8)74)58-32(3)63/h18-21,31,34-36,38-40,44-45,64,74H,9-17,22-30,54H2,1-8H3,(H,58,63)(H,59,69)(H,60,68)(H,72,73)(H4,55,56,57)/t34-,35-,36-,38+,39+,40+,44-,45-/m1/s1. The predicted octanol–water partition coefficient (Wildman–Crippen LogP) is 3.19. The van der Waals surface area contributed by atoms with E-state index in [1.54, 1.807) is 46.8 Å². The highest BCUT2D eigenvalue weighted by Gasteiger charge is 2.44. The summed E-state index contributed by atoms with van der Waals surface area (Å²) in [5.74, 6) is -8.10. The zero-order valence-electron chi connectivity index (χ0n) is 44.8. The number of phenolic OH excluding ortho intramolecular Hbond substituents is 1. The van der Waals surface area contributed by atoms with Gasteiger partial charge in [0, 0.05) is 62.4 Å². The van der Waals surface area contributed by atoms with Gasteiger partial charge in [-0.25, -0.2) is 0 Å². The van der Waals surface area contributed by atoms with Gasteiger partial charge in [0.05, 0.1) is 24.0 Å². The van der Waals surface area contributed by atoms with Crippen molar-refractivity contribution < 1.29 is 53.4 Å². The van der Waals surface area contributed by atoms with Crippen molar-refractivity contribution in [3.05, 3.63) is 29.8 Å². The Kier molecular flexibility index (Phi) is 24.5. The van der Waals surface area contributed by atoms with Gasteiger partial charge in [-0.1, -0.05) is 46.8 Å². The summed E-state index contributed by atoms with van der Waals surface area (Å²) in [7, 11) is 0. The molecular weight excluding hydrogens is 971 g/mol. The van der Waals surface area contributed by atoms with Gasteiger partial charge in [-0.2, -0.15) is 12.6 Å². The van der Waals surface area contributed by atoms with E-state index in [4.69, 9.17) is 17.2 Å². The number of aromatic hydroxyl groups is 1. The van der Waals surface area contributed by atoms with Gasteiger partial charge in [0.15, 0.2) is 23.3 Å². The van der Waals surface area contributed by atoms with Gasteiger partial charge in [-0.3, -0.25) is 48.1 Å². The Morgan fingerprint density at radius 1 is 0.757 bits per heavy atom. The number of thiol groups is 1. The Morgan fingerprint density at radius 2 is 1.35 bits per heavy atom. The predicted molar refractivity (Wildman–Crippen MR) is 285 cm³/mol. The van der Waals surface area contributed by atoms with Crippen LogP contribution in [0.15, 0.2) is 29.3 Å². The van der Waals surface area contributed by atoms with E-state index in [0.29, 0.717) is 50.6 Å². The van der Waals surface area contributed by atoms with E-state index in [1.165, 1.54) is 28.9 Å². The van der Waals surface area contributed by atoms with Crippen LogP contribution < -0.4 is 33.2 Å². The molecule has 2 aliphatic rings. The molecule has 2 aliphatic heterocycles. The second-order valence-corrected chi connectivity index (χ2v) is 23.4. The fourth-order valence-corrected chi connectivity index (χ4v) is 10.1. The molecule has 1 aromatic carbocycles. The van der Waals surface area contributed by atoms with Crippen molar-refractivity contribution in [2.45, 2.75) is 180 Å². The number of carbonyl (C=O) groups is 9. The molecule has 0 spiro atoms. The molecule has 0 radical (unpaired) electrons. The molecule has 2 heterocycles. The Hall–Kier alpha value is -5.57. The van der Waals surface area contributed by atoms with Crippen molar-refractivity contribution in [1.29, 1.82) is 0 Å². The fraction of sp³-hybridized carbons (Fsp3) is 0.698. The van der Waals surface area contributed by atoms with E-state index in [0.717, 1.165) is 0 Å². The molecule has 0 bridgehead atoms. The number of phenols is 1. The molecule has 0 aromatic heterocycles. The van der Waals surface area contributed by atoms with Crippen LogP contribution in [-0.4, -0.2) is 140 Å². The lowest BCUT2D eigenvalue weighted by molar-refractivity contribution is -0.145. The van der Waals surface area contributed by atoms with Crippen molar-refractivity contribution in [3.63, 3.8) is 0 Å². The number of nitrogens with two attached hydrogens (primary N) is 3. The lowest BCUT2D eigenvalue weighted by Crippen LogP contribution is -2.59. The van der Waals surface area contributed by atoms with Gasteiger partial charge in [-0.05, 0) is 120 Å². The highest BCUT2D eigenvalue weighted by Crippen LogP contribution is 2.31. The number of guanidine groups is 1. The molecular formula is C53H85N9O11S. The summed E-state index contributed by atoms with van der Waals surface area (Å²) in [6.45, 7) is 14.6. The third kappa shape index (κ3) is 19.6. The smallest absolute Gasteiger partial charge is 0.306 e. The number of carboxylic acids is 1. The number of hydrogen-bond acceptors (Lipinski definition) is 13. The molecule has 2 fully saturated rings. The Balaban J connectivity index is 1.94. The first kappa shape index (κ1) is 62.7. The van der Waals surface area contributed by atoms with Gasteiger partial charge >= 0.3 is 5.97 Å². The lowest BCUT2D eigenvalue weighted by Gasteiger charge is -2.35. The number of nitrogens with zero attached hydrogens (tertiary/aromatic N) is 3. The summed E-state index contributed by atoms with van der Waals surface area (Å²) < 4.78 is -0.973. The number of unbranched alkanes of at least 4 members (excludes halogenated alkanes) is 1. The van der Waals surface area contributed by atoms with Gasteiger partial charge < -0.3 is 53.2 Å². The van der Waals surface area contributed by atoms with Gasteiger partial charge in [-0.15, -0.1) is 0 Å². The molecule has 2 saturated heterocycles. The lowest BCUT2D eigenvalue weighted by atomic mass is 9.80. The third-order valence-corrected chi connectivity index (χ3v) is 14.0. The first-order valence-electron chi connectivity index (χ1n) is 26.1. The maximum atomic E-state index is 14.8. The molecule has 8 atom stereocenters. The highest BCUT2D eigenvalue weighted by molar-refractivity contribution is 7.81. The number of benzene rings is 1. The van der Waals surface area contributed by atoms with E-state index < -0.39 is 111 Å². The second kappa shape index (κ2) is 28.9. The largest absolute Gasteiger partial charge is 0.508 e. The van der Waals surface area contributed by atoms with E-state index in [9.17, 15) is 53.4 Å². The summed E-state index contributed by atoms with van der Waals surface area (Å²) >= 11 is 4.56. The summed E-state index contributed by atoms with van der Waals surface area (Å²) in [6.07, 6.45) is 2.55. The number of carbonyl (C=O) groups excluding carboxylic acids is 8. The van der Waals surface area contributed by atoms with Crippen molar-refractivity contribution in [3.8, 4) is 5.75 Å². The van der Waals surface area contributed by atoms with Crippen molar-refractivity contribution in [2.24, 2.45) is 51.3 Å². The van der Waals surface area contributed by atoms with E-state index in [1.807, 2.05) is 13.8 Å². The van der Waals surface area contributed by atoms with Gasteiger partial charge in [0.2, 0.25) is 29.5 Å². The first-order valence-corrected chi connectivity index (χ1v) is 26.6. The summed E-state index contributed by atoms with van der Waals surface area (Å²) in [5, 5.41) is 28.4. The number of Topliss-reactive ketones (excluding diaryl/α,β-unsaturated/α-hetero) is 3. The molecule has 11 N–H and O–H groups in total. The molecule has 20 nitrogen and oxygen atoms in total.